The molecule has 0 aliphatic carbocycles. The van der Waals surface area contributed by atoms with Crippen molar-refractivity contribution < 1.29 is 14.3 Å². The minimum Gasteiger partial charge on any atom is -0.466 e. The summed E-state index contributed by atoms with van der Waals surface area (Å²) in [5.41, 5.74) is 0.808. The highest BCUT2D eigenvalue weighted by Gasteiger charge is 2.23. The summed E-state index contributed by atoms with van der Waals surface area (Å²) in [5, 5.41) is 23.2. The van der Waals surface area contributed by atoms with Gasteiger partial charge < -0.3 is 4.74 Å². The van der Waals surface area contributed by atoms with E-state index in [1.807, 2.05) is 37.3 Å². The van der Waals surface area contributed by atoms with Gasteiger partial charge in [0.1, 0.15) is 5.01 Å². The van der Waals surface area contributed by atoms with Crippen LogP contribution in [0, 0.1) is 0 Å². The predicted molar refractivity (Wildman–Crippen MR) is 108 cm³/mol. The Labute approximate surface area is 175 Å². The number of carbonyl (C=O) groups excluding carboxylic acids is 2. The molecule has 1 atom stereocenters. The Morgan fingerprint density at radius 2 is 2.00 bits per heavy atom. The molecule has 0 aliphatic rings. The lowest BCUT2D eigenvalue weighted by Crippen LogP contribution is -2.25. The Bertz CT molecular complexity index is 961. The zero-order valence-electron chi connectivity index (χ0n) is 15.8. The number of nitrogens with one attached hydrogen (secondary N) is 1. The van der Waals surface area contributed by atoms with Gasteiger partial charge in [0.05, 0.1) is 24.0 Å². The van der Waals surface area contributed by atoms with Gasteiger partial charge in [0, 0.05) is 0 Å². The number of benzene rings is 1. The van der Waals surface area contributed by atoms with Gasteiger partial charge >= 0.3 is 5.97 Å². The van der Waals surface area contributed by atoms with Crippen LogP contribution in [0.5, 0.6) is 0 Å². The monoisotopic (exact) mass is 433 g/mol. The maximum absolute atomic E-state index is 12.7. The Balaban J connectivity index is 1.64. The molecular weight excluding hydrogens is 414 g/mol. The van der Waals surface area contributed by atoms with E-state index in [4.69, 9.17) is 4.74 Å². The number of hydrogen-bond acceptors (Lipinski definition) is 10. The number of para-hydroxylation sites is 1. The van der Waals surface area contributed by atoms with Crippen molar-refractivity contribution in [1.29, 1.82) is 0 Å². The molecule has 1 amide bonds. The largest absolute Gasteiger partial charge is 0.466 e. The smallest absolute Gasteiger partial charge is 0.312 e. The van der Waals surface area contributed by atoms with E-state index in [1.54, 1.807) is 11.6 Å². The third-order valence-corrected chi connectivity index (χ3v) is 5.79. The van der Waals surface area contributed by atoms with Crippen molar-refractivity contribution in [3.8, 4) is 5.69 Å². The van der Waals surface area contributed by atoms with Crippen molar-refractivity contribution in [2.24, 2.45) is 0 Å². The number of anilines is 1. The number of aromatic nitrogens is 6. The van der Waals surface area contributed by atoms with Crippen LogP contribution in [-0.4, -0.2) is 54.1 Å². The number of thioether (sulfide) groups is 1. The summed E-state index contributed by atoms with van der Waals surface area (Å²) in [7, 11) is 0. The SMILES string of the molecule is CCOC(=O)Cc1nnc(NC(=O)C(CC)Sc2nnnn2-c2ccccc2)s1. The average molecular weight is 434 g/mol. The van der Waals surface area contributed by atoms with Gasteiger partial charge in [-0.15, -0.1) is 15.3 Å². The number of amides is 1. The fourth-order valence-corrected chi connectivity index (χ4v) is 3.97. The van der Waals surface area contributed by atoms with Crippen LogP contribution in [0.1, 0.15) is 25.3 Å². The van der Waals surface area contributed by atoms with Gasteiger partial charge in [0.2, 0.25) is 16.2 Å². The Morgan fingerprint density at radius 1 is 1.21 bits per heavy atom. The van der Waals surface area contributed by atoms with E-state index in [-0.39, 0.29) is 18.3 Å². The van der Waals surface area contributed by atoms with Crippen LogP contribution in [0.4, 0.5) is 5.13 Å². The third kappa shape index (κ3) is 5.57. The van der Waals surface area contributed by atoms with Gasteiger partial charge in [-0.3, -0.25) is 14.9 Å². The highest BCUT2D eigenvalue weighted by molar-refractivity contribution is 8.00. The Kier molecular flexibility index (Phi) is 7.25. The normalized spacial score (nSPS) is 11.8. The number of ether oxygens (including phenoxy) is 1. The van der Waals surface area contributed by atoms with Crippen molar-refractivity contribution in [1.82, 2.24) is 30.4 Å². The predicted octanol–water partition coefficient (Wildman–Crippen LogP) is 2.13. The molecule has 0 spiro atoms. The first-order valence-electron chi connectivity index (χ1n) is 8.90. The first kappa shape index (κ1) is 20.9. The molecule has 29 heavy (non-hydrogen) atoms. The molecule has 10 nitrogen and oxygen atoms in total. The molecule has 0 radical (unpaired) electrons. The van der Waals surface area contributed by atoms with E-state index in [9.17, 15) is 9.59 Å². The van der Waals surface area contributed by atoms with Crippen LogP contribution in [-0.2, 0) is 20.7 Å². The molecule has 0 saturated carbocycles. The second-order valence-corrected chi connectivity index (χ2v) is 7.93. The zero-order valence-corrected chi connectivity index (χ0v) is 17.4. The van der Waals surface area contributed by atoms with E-state index in [1.165, 1.54) is 11.8 Å². The molecule has 12 heteroatoms. The molecule has 1 N–H and O–H groups in total. The molecule has 2 aromatic heterocycles. The highest BCUT2D eigenvalue weighted by Crippen LogP contribution is 2.26. The first-order chi connectivity index (χ1) is 14.1. The van der Waals surface area contributed by atoms with Crippen LogP contribution in [0.15, 0.2) is 35.5 Å². The van der Waals surface area contributed by atoms with Crippen molar-refractivity contribution in [2.75, 3.05) is 11.9 Å². The molecule has 1 unspecified atom stereocenters. The summed E-state index contributed by atoms with van der Waals surface area (Å²) >= 11 is 2.41. The number of carbonyl (C=O) groups is 2. The molecule has 0 saturated heterocycles. The lowest BCUT2D eigenvalue weighted by Gasteiger charge is -2.12. The molecule has 3 aromatic rings. The van der Waals surface area contributed by atoms with E-state index >= 15 is 0 Å². The van der Waals surface area contributed by atoms with Gasteiger partial charge in [0.15, 0.2) is 0 Å². The van der Waals surface area contributed by atoms with E-state index < -0.39 is 5.25 Å². The average Bonchev–Trinajstić information content (AvgIpc) is 3.36. The maximum Gasteiger partial charge on any atom is 0.312 e. The van der Waals surface area contributed by atoms with Crippen LogP contribution in [0.2, 0.25) is 0 Å². The van der Waals surface area contributed by atoms with Gasteiger partial charge in [-0.25, -0.2) is 0 Å². The summed E-state index contributed by atoms with van der Waals surface area (Å²) in [6, 6.07) is 9.44. The number of tetrazole rings is 1. The lowest BCUT2D eigenvalue weighted by atomic mass is 10.3. The molecule has 152 valence electrons. The Morgan fingerprint density at radius 3 is 2.72 bits per heavy atom. The van der Waals surface area contributed by atoms with Crippen LogP contribution < -0.4 is 5.32 Å². The fourth-order valence-electron chi connectivity index (χ4n) is 2.33. The number of esters is 1. The van der Waals surface area contributed by atoms with Crippen LogP contribution in [0.25, 0.3) is 5.69 Å². The van der Waals surface area contributed by atoms with Gasteiger partial charge in [-0.1, -0.05) is 48.2 Å². The number of nitrogens with zero attached hydrogens (tertiary/aromatic N) is 6. The lowest BCUT2D eigenvalue weighted by molar-refractivity contribution is -0.142. The van der Waals surface area contributed by atoms with Gasteiger partial charge in [-0.05, 0) is 35.9 Å². The summed E-state index contributed by atoms with van der Waals surface area (Å²) in [6.07, 6.45) is 0.589. The molecule has 0 fully saturated rings. The van der Waals surface area contributed by atoms with Crippen molar-refractivity contribution in [3.63, 3.8) is 0 Å². The summed E-state index contributed by atoms with van der Waals surface area (Å²) in [4.78, 5) is 24.2. The van der Waals surface area contributed by atoms with Gasteiger partial charge in [0.25, 0.3) is 0 Å². The Hall–Kier alpha value is -2.86. The second-order valence-electron chi connectivity index (χ2n) is 5.70. The summed E-state index contributed by atoms with van der Waals surface area (Å²) in [5.74, 6) is -0.616. The molecule has 1 aromatic carbocycles. The van der Waals surface area contributed by atoms with E-state index in [0.717, 1.165) is 17.0 Å². The van der Waals surface area contributed by atoms with Crippen molar-refractivity contribution in [2.45, 2.75) is 37.1 Å². The summed E-state index contributed by atoms with van der Waals surface area (Å²) in [6.45, 7) is 3.94. The number of rotatable bonds is 9. The first-order valence-corrected chi connectivity index (χ1v) is 10.6. The minimum absolute atomic E-state index is 0.0270. The molecule has 0 aliphatic heterocycles. The van der Waals surface area contributed by atoms with E-state index in [2.05, 4.69) is 31.0 Å². The van der Waals surface area contributed by atoms with Gasteiger partial charge in [-0.2, -0.15) is 4.68 Å². The fraction of sp³-hybridized carbons (Fsp3) is 0.353. The third-order valence-electron chi connectivity index (χ3n) is 3.65. The maximum atomic E-state index is 12.7. The molecular formula is C17H19N7O3S2. The minimum atomic E-state index is -0.430. The highest BCUT2D eigenvalue weighted by atomic mass is 32.2. The van der Waals surface area contributed by atoms with E-state index in [0.29, 0.717) is 28.3 Å². The molecule has 2 heterocycles. The molecule has 3 rings (SSSR count). The number of hydrogen-bond donors (Lipinski definition) is 1. The van der Waals surface area contributed by atoms with Crippen LogP contribution >= 0.6 is 23.1 Å². The topological polar surface area (TPSA) is 125 Å². The zero-order chi connectivity index (χ0) is 20.6. The van der Waals surface area contributed by atoms with Crippen LogP contribution in [0.3, 0.4) is 0 Å². The second kappa shape index (κ2) is 10.1. The summed E-state index contributed by atoms with van der Waals surface area (Å²) < 4.78 is 6.47. The van der Waals surface area contributed by atoms with Crippen molar-refractivity contribution >= 4 is 40.1 Å². The van der Waals surface area contributed by atoms with Crippen molar-refractivity contribution in [3.05, 3.63) is 35.3 Å². The molecule has 0 bridgehead atoms. The quantitative estimate of drug-likeness (QED) is 0.399. The standard InChI is InChI=1S/C17H19N7O3S2/c1-3-12(28-17-21-22-23-24(17)11-8-6-5-7-9-11)15(26)18-16-20-19-13(29-16)10-14(25)27-4-2/h5-9,12H,3-4,10H2,1-2H3,(H,18,20,26).